The van der Waals surface area contributed by atoms with Gasteiger partial charge in [-0.1, -0.05) is 54.2 Å². The van der Waals surface area contributed by atoms with E-state index in [0.717, 1.165) is 28.3 Å². The Kier molecular flexibility index (Phi) is 6.81. The number of hydrogen-bond donors (Lipinski definition) is 0. The first kappa shape index (κ1) is 21.6. The van der Waals surface area contributed by atoms with Gasteiger partial charge >= 0.3 is 0 Å². The molecule has 0 radical (unpaired) electrons. The number of tetrazole rings is 1. The maximum Gasteiger partial charge on any atom is 0.237 e. The van der Waals surface area contributed by atoms with E-state index in [1.165, 1.54) is 11.8 Å². The van der Waals surface area contributed by atoms with Gasteiger partial charge in [-0.25, -0.2) is 0 Å². The van der Waals surface area contributed by atoms with Gasteiger partial charge in [0.15, 0.2) is 0 Å². The molecule has 0 unspecified atom stereocenters. The van der Waals surface area contributed by atoms with Crippen LogP contribution in [0.5, 0.6) is 5.75 Å². The van der Waals surface area contributed by atoms with Gasteiger partial charge in [0.25, 0.3) is 0 Å². The van der Waals surface area contributed by atoms with Gasteiger partial charge in [0.05, 0.1) is 25.1 Å². The average Bonchev–Trinajstić information content (AvgIpc) is 3.30. The molecule has 3 aromatic carbocycles. The van der Waals surface area contributed by atoms with Gasteiger partial charge in [-0.15, -0.1) is 5.10 Å². The van der Waals surface area contributed by atoms with Gasteiger partial charge in [-0.3, -0.25) is 4.79 Å². The van der Waals surface area contributed by atoms with Crippen molar-refractivity contribution in [2.45, 2.75) is 18.6 Å². The maximum atomic E-state index is 13.3. The lowest BCUT2D eigenvalue weighted by atomic mass is 10.1. The van der Waals surface area contributed by atoms with E-state index in [0.29, 0.717) is 11.7 Å². The van der Waals surface area contributed by atoms with Gasteiger partial charge in [0.2, 0.25) is 11.1 Å². The van der Waals surface area contributed by atoms with Crippen molar-refractivity contribution in [1.29, 1.82) is 0 Å². The Morgan fingerprint density at radius 2 is 1.81 bits per heavy atom. The summed E-state index contributed by atoms with van der Waals surface area (Å²) < 4.78 is 6.82. The summed E-state index contributed by atoms with van der Waals surface area (Å²) in [6.45, 7) is 2.51. The number of rotatable bonds is 8. The standard InChI is InChI=1S/C24H23N5O2S/c1-18-7-6-10-21(15-18)28(16-19-8-4-3-5-9-19)23(30)17-32-24-25-26-27-29(24)20-11-13-22(31-2)14-12-20/h3-15H,16-17H2,1-2H3. The van der Waals surface area contributed by atoms with Gasteiger partial charge in [0.1, 0.15) is 5.75 Å². The fraction of sp³-hybridized carbons (Fsp3) is 0.167. The summed E-state index contributed by atoms with van der Waals surface area (Å²) in [6, 6.07) is 25.4. The Bertz CT molecular complexity index is 1180. The molecule has 0 aliphatic rings. The van der Waals surface area contributed by atoms with E-state index in [2.05, 4.69) is 15.5 Å². The van der Waals surface area contributed by atoms with Gasteiger partial charge < -0.3 is 9.64 Å². The number of ether oxygens (including phenoxy) is 1. The number of thioether (sulfide) groups is 1. The van der Waals surface area contributed by atoms with Crippen molar-refractivity contribution in [3.8, 4) is 11.4 Å². The van der Waals surface area contributed by atoms with Crippen LogP contribution in [0.25, 0.3) is 5.69 Å². The number of methoxy groups -OCH3 is 1. The minimum Gasteiger partial charge on any atom is -0.497 e. The van der Waals surface area contributed by atoms with Crippen molar-refractivity contribution in [3.05, 3.63) is 90.0 Å². The fourth-order valence-electron chi connectivity index (χ4n) is 3.24. The number of hydrogen-bond acceptors (Lipinski definition) is 6. The number of anilines is 1. The predicted molar refractivity (Wildman–Crippen MR) is 125 cm³/mol. The van der Waals surface area contributed by atoms with Crippen molar-refractivity contribution in [2.75, 3.05) is 17.8 Å². The molecule has 4 aromatic rings. The molecule has 0 saturated heterocycles. The molecule has 0 aliphatic heterocycles. The highest BCUT2D eigenvalue weighted by atomic mass is 32.2. The van der Waals surface area contributed by atoms with Gasteiger partial charge in [-0.05, 0) is 64.9 Å². The van der Waals surface area contributed by atoms with E-state index in [1.807, 2.05) is 85.8 Å². The molecular formula is C24H23N5O2S. The number of carbonyl (C=O) groups excluding carboxylic acids is 1. The number of nitrogens with zero attached hydrogens (tertiary/aromatic N) is 5. The lowest BCUT2D eigenvalue weighted by Crippen LogP contribution is -2.32. The number of aryl methyl sites for hydroxylation is 1. The first-order valence-electron chi connectivity index (χ1n) is 10.1. The summed E-state index contributed by atoms with van der Waals surface area (Å²) in [5.74, 6) is 0.937. The highest BCUT2D eigenvalue weighted by molar-refractivity contribution is 7.99. The van der Waals surface area contributed by atoms with Crippen LogP contribution in [0.3, 0.4) is 0 Å². The third-order valence-electron chi connectivity index (χ3n) is 4.88. The second-order valence-corrected chi connectivity index (χ2v) is 8.11. The molecule has 0 bridgehead atoms. The molecule has 1 aromatic heterocycles. The molecule has 0 N–H and O–H groups in total. The van der Waals surface area contributed by atoms with Crippen molar-refractivity contribution in [3.63, 3.8) is 0 Å². The van der Waals surface area contributed by atoms with Crippen LogP contribution < -0.4 is 9.64 Å². The highest BCUT2D eigenvalue weighted by Crippen LogP contribution is 2.24. The molecule has 4 rings (SSSR count). The van der Waals surface area contributed by atoms with Crippen LogP contribution >= 0.6 is 11.8 Å². The maximum absolute atomic E-state index is 13.3. The summed E-state index contributed by atoms with van der Waals surface area (Å²) in [6.07, 6.45) is 0. The zero-order valence-corrected chi connectivity index (χ0v) is 18.7. The number of carbonyl (C=O) groups is 1. The van der Waals surface area contributed by atoms with Crippen molar-refractivity contribution in [2.24, 2.45) is 0 Å². The predicted octanol–water partition coefficient (Wildman–Crippen LogP) is 4.30. The molecular weight excluding hydrogens is 422 g/mol. The first-order chi connectivity index (χ1) is 15.6. The van der Waals surface area contributed by atoms with Crippen LogP contribution in [0, 0.1) is 6.92 Å². The molecule has 7 nitrogen and oxygen atoms in total. The third kappa shape index (κ3) is 5.15. The smallest absolute Gasteiger partial charge is 0.237 e. The molecule has 0 atom stereocenters. The average molecular weight is 446 g/mol. The largest absolute Gasteiger partial charge is 0.497 e. The quantitative estimate of drug-likeness (QED) is 0.377. The van der Waals surface area contributed by atoms with Crippen LogP contribution in [-0.4, -0.2) is 39.0 Å². The molecule has 162 valence electrons. The number of aromatic nitrogens is 4. The van der Waals surface area contributed by atoms with Crippen LogP contribution in [0.2, 0.25) is 0 Å². The summed E-state index contributed by atoms with van der Waals surface area (Å²) >= 11 is 1.31. The molecule has 0 saturated carbocycles. The first-order valence-corrected chi connectivity index (χ1v) is 11.1. The van der Waals surface area contributed by atoms with E-state index < -0.39 is 0 Å². The van der Waals surface area contributed by atoms with E-state index >= 15 is 0 Å². The van der Waals surface area contributed by atoms with Crippen molar-refractivity contribution in [1.82, 2.24) is 20.2 Å². The summed E-state index contributed by atoms with van der Waals surface area (Å²) in [7, 11) is 1.62. The zero-order chi connectivity index (χ0) is 22.3. The number of benzene rings is 3. The minimum absolute atomic E-state index is 0.0197. The molecule has 32 heavy (non-hydrogen) atoms. The molecule has 0 fully saturated rings. The summed E-state index contributed by atoms with van der Waals surface area (Å²) in [5, 5.41) is 12.5. The Balaban J connectivity index is 1.52. The van der Waals surface area contributed by atoms with Crippen molar-refractivity contribution >= 4 is 23.4 Å². The lowest BCUT2D eigenvalue weighted by Gasteiger charge is -2.23. The Hall–Kier alpha value is -3.65. The Labute approximate surface area is 191 Å². The highest BCUT2D eigenvalue weighted by Gasteiger charge is 2.19. The van der Waals surface area contributed by atoms with Gasteiger partial charge in [-0.2, -0.15) is 4.68 Å². The minimum atomic E-state index is -0.0197. The summed E-state index contributed by atoms with van der Waals surface area (Å²) in [5.41, 5.74) is 3.83. The van der Waals surface area contributed by atoms with Crippen LogP contribution in [0.4, 0.5) is 5.69 Å². The number of amides is 1. The van der Waals surface area contributed by atoms with Crippen LogP contribution in [0.15, 0.2) is 84.0 Å². The second-order valence-electron chi connectivity index (χ2n) is 7.16. The molecule has 1 heterocycles. The van der Waals surface area contributed by atoms with E-state index in [4.69, 9.17) is 4.74 Å². The van der Waals surface area contributed by atoms with Gasteiger partial charge in [0, 0.05) is 5.69 Å². The fourth-order valence-corrected chi connectivity index (χ4v) is 4.01. The third-order valence-corrected chi connectivity index (χ3v) is 5.78. The molecule has 1 amide bonds. The topological polar surface area (TPSA) is 73.1 Å². The lowest BCUT2D eigenvalue weighted by molar-refractivity contribution is -0.116. The molecule has 0 aliphatic carbocycles. The second kappa shape index (κ2) is 10.1. The summed E-state index contributed by atoms with van der Waals surface area (Å²) in [4.78, 5) is 15.1. The SMILES string of the molecule is COc1ccc(-n2nnnc2SCC(=O)N(Cc2ccccc2)c2cccc(C)c2)cc1. The van der Waals surface area contributed by atoms with Crippen LogP contribution in [-0.2, 0) is 11.3 Å². The Morgan fingerprint density at radius 3 is 2.53 bits per heavy atom. The monoisotopic (exact) mass is 445 g/mol. The van der Waals surface area contributed by atoms with Crippen LogP contribution in [0.1, 0.15) is 11.1 Å². The van der Waals surface area contributed by atoms with E-state index in [1.54, 1.807) is 16.7 Å². The van der Waals surface area contributed by atoms with E-state index in [9.17, 15) is 4.79 Å². The zero-order valence-electron chi connectivity index (χ0n) is 17.9. The Morgan fingerprint density at radius 1 is 1.03 bits per heavy atom. The normalized spacial score (nSPS) is 10.7. The van der Waals surface area contributed by atoms with E-state index in [-0.39, 0.29) is 11.7 Å². The molecule has 8 heteroatoms. The van der Waals surface area contributed by atoms with Crippen molar-refractivity contribution < 1.29 is 9.53 Å². The molecule has 0 spiro atoms.